The van der Waals surface area contributed by atoms with Gasteiger partial charge in [-0.1, -0.05) is 160 Å². The van der Waals surface area contributed by atoms with Crippen LogP contribution in [0.15, 0.2) is 24.3 Å². The predicted molar refractivity (Wildman–Crippen MR) is 241 cm³/mol. The van der Waals surface area contributed by atoms with Crippen LogP contribution in [0, 0.1) is 0 Å². The van der Waals surface area contributed by atoms with E-state index < -0.39 is 83.5 Å². The number of aliphatic hydroxyl groups is 4. The molecule has 0 amide bonds. The number of phosphoric ester groups is 2. The van der Waals surface area contributed by atoms with Gasteiger partial charge in [0.1, 0.15) is 43.2 Å². The summed E-state index contributed by atoms with van der Waals surface area (Å²) < 4.78 is 49.4. The Morgan fingerprint density at radius 3 is 1.41 bits per heavy atom. The minimum Gasteiger partial charge on any atom is -0.462 e. The van der Waals surface area contributed by atoms with E-state index in [9.17, 15) is 44.0 Å². The summed E-state index contributed by atoms with van der Waals surface area (Å²) in [5, 5.41) is 41.2. The van der Waals surface area contributed by atoms with Crippen LogP contribution < -0.4 is 0 Å². The van der Waals surface area contributed by atoms with Crippen molar-refractivity contribution in [2.45, 2.75) is 236 Å². The van der Waals surface area contributed by atoms with Crippen molar-refractivity contribution in [3.8, 4) is 0 Å². The molecule has 370 valence electrons. The maximum atomic E-state index is 13.0. The lowest BCUT2D eigenvalue weighted by Gasteiger charge is -2.43. The molecule has 1 rings (SSSR count). The highest BCUT2D eigenvalue weighted by atomic mass is 31.2. The van der Waals surface area contributed by atoms with Crippen molar-refractivity contribution >= 4 is 27.6 Å². The van der Waals surface area contributed by atoms with Gasteiger partial charge in [0.2, 0.25) is 0 Å². The summed E-state index contributed by atoms with van der Waals surface area (Å²) in [6.45, 7) is 3.08. The summed E-state index contributed by atoms with van der Waals surface area (Å²) in [4.78, 5) is 54.2. The Morgan fingerprint density at radius 1 is 0.508 bits per heavy atom. The van der Waals surface area contributed by atoms with Crippen LogP contribution in [-0.4, -0.2) is 103 Å². The van der Waals surface area contributed by atoms with Crippen LogP contribution in [0.5, 0.6) is 0 Å². The first-order valence-electron chi connectivity index (χ1n) is 23.9. The monoisotopic (exact) mass is 943 g/mol. The van der Waals surface area contributed by atoms with E-state index in [4.69, 9.17) is 28.3 Å². The molecule has 0 bridgehead atoms. The molecule has 0 aromatic heterocycles. The predicted octanol–water partition coefficient (Wildman–Crippen LogP) is 8.95. The molecule has 0 aliphatic heterocycles. The largest absolute Gasteiger partial charge is 0.472 e. The SMILES string of the molecule is CCCCCC=CCC=CCCCCCCCC(=O)OC[C@H](COP(=O)(O)O[C@H]1C(O)C(O)C(O)[C@@H](OP(=O)(O)O)C1O)OC(=O)CCCCCCCCCCCCCCCCC. The molecular formula is C45H84O16P2. The number of hydrogen-bond donors (Lipinski definition) is 7. The van der Waals surface area contributed by atoms with E-state index in [2.05, 4.69) is 42.7 Å². The van der Waals surface area contributed by atoms with Crippen LogP contribution in [0.1, 0.15) is 194 Å². The van der Waals surface area contributed by atoms with Gasteiger partial charge < -0.3 is 44.6 Å². The average Bonchev–Trinajstić information content (AvgIpc) is 3.23. The molecule has 18 heteroatoms. The highest BCUT2D eigenvalue weighted by Gasteiger charge is 2.54. The molecule has 0 aromatic carbocycles. The minimum atomic E-state index is -5.36. The number of allylic oxidation sites excluding steroid dienone is 4. The minimum absolute atomic E-state index is 0.0452. The molecule has 7 N–H and O–H groups in total. The van der Waals surface area contributed by atoms with Crippen LogP contribution in [0.2, 0.25) is 0 Å². The normalized spacial score (nSPS) is 22.1. The molecule has 0 aromatic rings. The third-order valence-corrected chi connectivity index (χ3v) is 12.5. The van der Waals surface area contributed by atoms with Gasteiger partial charge in [-0.2, -0.15) is 0 Å². The van der Waals surface area contributed by atoms with Crippen molar-refractivity contribution in [3.05, 3.63) is 24.3 Å². The van der Waals surface area contributed by atoms with E-state index in [0.717, 1.165) is 70.6 Å². The van der Waals surface area contributed by atoms with Gasteiger partial charge in [-0.15, -0.1) is 0 Å². The Bertz CT molecular complexity index is 1330. The topological polar surface area (TPSA) is 256 Å². The fourth-order valence-electron chi connectivity index (χ4n) is 7.29. The van der Waals surface area contributed by atoms with E-state index in [1.54, 1.807) is 0 Å². The van der Waals surface area contributed by atoms with Crippen LogP contribution >= 0.6 is 15.6 Å². The number of carbonyl (C=O) groups excluding carboxylic acids is 2. The van der Waals surface area contributed by atoms with E-state index in [1.165, 1.54) is 83.5 Å². The molecule has 63 heavy (non-hydrogen) atoms. The maximum Gasteiger partial charge on any atom is 0.472 e. The lowest BCUT2D eigenvalue weighted by molar-refractivity contribution is -0.216. The zero-order valence-corrected chi connectivity index (χ0v) is 40.1. The molecule has 1 saturated carbocycles. The zero-order valence-electron chi connectivity index (χ0n) is 38.3. The first-order chi connectivity index (χ1) is 30.1. The Morgan fingerprint density at radius 2 is 0.921 bits per heavy atom. The number of rotatable bonds is 40. The number of hydrogen-bond acceptors (Lipinski definition) is 13. The molecule has 16 nitrogen and oxygen atoms in total. The van der Waals surface area contributed by atoms with E-state index >= 15 is 0 Å². The summed E-state index contributed by atoms with van der Waals surface area (Å²) >= 11 is 0. The number of aliphatic hydroxyl groups excluding tert-OH is 4. The van der Waals surface area contributed by atoms with E-state index in [-0.39, 0.29) is 12.8 Å². The van der Waals surface area contributed by atoms with E-state index in [1.807, 2.05) is 0 Å². The first kappa shape index (κ1) is 59.5. The highest BCUT2D eigenvalue weighted by Crippen LogP contribution is 2.49. The molecule has 1 aliphatic carbocycles. The molecule has 0 radical (unpaired) electrons. The van der Waals surface area contributed by atoms with Crippen LogP contribution in [-0.2, 0) is 41.8 Å². The number of phosphoric acid groups is 2. The molecule has 8 atom stereocenters. The first-order valence-corrected chi connectivity index (χ1v) is 26.9. The van der Waals surface area contributed by atoms with Crippen molar-refractivity contribution in [1.29, 1.82) is 0 Å². The lowest BCUT2D eigenvalue weighted by atomic mass is 9.85. The van der Waals surface area contributed by atoms with Crippen molar-refractivity contribution < 1.29 is 76.9 Å². The number of ether oxygens (including phenoxy) is 2. The summed E-state index contributed by atoms with van der Waals surface area (Å²) in [6.07, 6.45) is 22.7. The fourth-order valence-corrected chi connectivity index (χ4v) is 8.83. The second-order valence-corrected chi connectivity index (χ2v) is 19.4. The molecule has 0 heterocycles. The highest BCUT2D eigenvalue weighted by molar-refractivity contribution is 7.47. The molecular weight excluding hydrogens is 858 g/mol. The van der Waals surface area contributed by atoms with Crippen molar-refractivity contribution in [3.63, 3.8) is 0 Å². The summed E-state index contributed by atoms with van der Waals surface area (Å²) in [6, 6.07) is 0. The lowest BCUT2D eigenvalue weighted by Crippen LogP contribution is -2.64. The van der Waals surface area contributed by atoms with Gasteiger partial charge in [0.15, 0.2) is 6.10 Å². The van der Waals surface area contributed by atoms with E-state index in [0.29, 0.717) is 12.8 Å². The van der Waals surface area contributed by atoms with Gasteiger partial charge in [-0.05, 0) is 44.9 Å². The quantitative estimate of drug-likeness (QED) is 0.0131. The summed E-state index contributed by atoms with van der Waals surface area (Å²) in [5.74, 6) is -1.21. The van der Waals surface area contributed by atoms with Gasteiger partial charge in [-0.25, -0.2) is 9.13 Å². The Labute approximate surface area is 377 Å². The van der Waals surface area contributed by atoms with Gasteiger partial charge >= 0.3 is 27.6 Å². The Balaban J connectivity index is 2.59. The summed E-state index contributed by atoms with van der Waals surface area (Å²) in [7, 11) is -10.7. The number of esters is 2. The van der Waals surface area contributed by atoms with Crippen molar-refractivity contribution in [2.75, 3.05) is 13.2 Å². The Hall–Kier alpha value is -1.52. The van der Waals surface area contributed by atoms with Crippen molar-refractivity contribution in [1.82, 2.24) is 0 Å². The van der Waals surface area contributed by atoms with Gasteiger partial charge in [0.05, 0.1) is 6.61 Å². The Kier molecular flexibility index (Phi) is 34.5. The van der Waals surface area contributed by atoms with Gasteiger partial charge in [0, 0.05) is 12.8 Å². The third-order valence-electron chi connectivity index (χ3n) is 11.0. The zero-order chi connectivity index (χ0) is 46.8. The number of carbonyl (C=O) groups is 2. The average molecular weight is 943 g/mol. The molecule has 1 fully saturated rings. The van der Waals surface area contributed by atoms with Crippen LogP contribution in [0.3, 0.4) is 0 Å². The maximum absolute atomic E-state index is 13.0. The van der Waals surface area contributed by atoms with Gasteiger partial charge in [-0.3, -0.25) is 23.2 Å². The third kappa shape index (κ3) is 31.2. The standard InChI is InChI=1S/C45H84O16P2/c1-3-5-7-9-11-13-15-17-19-21-23-25-27-29-31-33-38(46)57-35-37(59-39(47)34-32-30-28-26-24-22-20-18-16-14-12-10-8-6-4-2)36-58-63(55,56)61-45-42(50)40(48)41(49)44(43(45)51)60-62(52,53)54/h11,13,17,19,37,40-45,48-51H,3-10,12,14-16,18,20-36H2,1-2H3,(H,55,56)(H2,52,53,54)/t37-,40?,41?,42?,43?,44-,45+/m1/s1. The molecule has 0 spiro atoms. The molecule has 5 unspecified atom stereocenters. The molecule has 1 aliphatic rings. The number of unbranched alkanes of at least 4 members (excludes halogenated alkanes) is 22. The fraction of sp³-hybridized carbons (Fsp3) is 0.867. The van der Waals surface area contributed by atoms with Crippen LogP contribution in [0.25, 0.3) is 0 Å². The second-order valence-electron chi connectivity index (χ2n) is 16.8. The smallest absolute Gasteiger partial charge is 0.462 e. The second kappa shape index (κ2) is 36.6. The van der Waals surface area contributed by atoms with Crippen LogP contribution in [0.4, 0.5) is 0 Å². The molecule has 0 saturated heterocycles. The summed E-state index contributed by atoms with van der Waals surface area (Å²) in [5.41, 5.74) is 0. The van der Waals surface area contributed by atoms with Crippen molar-refractivity contribution in [2.24, 2.45) is 0 Å². The van der Waals surface area contributed by atoms with Gasteiger partial charge in [0.25, 0.3) is 0 Å².